The molecule has 1 aromatic rings. The Hall–Kier alpha value is -1.24. The Morgan fingerprint density at radius 3 is 2.77 bits per heavy atom. The molecule has 3 aliphatic rings. The lowest BCUT2D eigenvalue weighted by Crippen LogP contribution is -2.68. The molecule has 0 aliphatic carbocycles. The van der Waals surface area contributed by atoms with Crippen LogP contribution in [0.3, 0.4) is 0 Å². The normalized spacial score (nSPS) is 29.2. The van der Waals surface area contributed by atoms with Gasteiger partial charge in [-0.3, -0.25) is 9.88 Å². The lowest BCUT2D eigenvalue weighted by Gasteiger charge is -2.55. The van der Waals surface area contributed by atoms with Gasteiger partial charge in [-0.2, -0.15) is 0 Å². The van der Waals surface area contributed by atoms with Gasteiger partial charge in [-0.15, -0.1) is 0 Å². The molecule has 6 heteroatoms. The largest absolute Gasteiger partial charge is 0.473 e. The van der Waals surface area contributed by atoms with E-state index in [4.69, 9.17) is 14.2 Å². The van der Waals surface area contributed by atoms with Crippen molar-refractivity contribution in [2.24, 2.45) is 0 Å². The number of ether oxygens (including phenoxy) is 3. The molecule has 1 atom stereocenters. The van der Waals surface area contributed by atoms with E-state index >= 15 is 0 Å². The zero-order valence-corrected chi connectivity index (χ0v) is 12.8. The minimum atomic E-state index is -0.0105. The van der Waals surface area contributed by atoms with E-state index in [-0.39, 0.29) is 11.7 Å². The second kappa shape index (κ2) is 6.10. The highest BCUT2D eigenvalue weighted by molar-refractivity contribution is 5.06. The zero-order chi connectivity index (χ0) is 14.8. The molecule has 0 N–H and O–H groups in total. The average Bonchev–Trinajstić information content (AvgIpc) is 2.54. The molecule has 120 valence electrons. The Bertz CT molecular complexity index is 487. The number of aromatic nitrogens is 2. The maximum absolute atomic E-state index is 6.10. The lowest BCUT2D eigenvalue weighted by molar-refractivity contribution is -0.200. The lowest BCUT2D eigenvalue weighted by atomic mass is 9.83. The molecule has 1 spiro atoms. The van der Waals surface area contributed by atoms with Crippen molar-refractivity contribution in [1.29, 1.82) is 0 Å². The first-order chi connectivity index (χ1) is 10.8. The number of likely N-dealkylation sites (tertiary alicyclic amines) is 1. The highest BCUT2D eigenvalue weighted by Gasteiger charge is 2.50. The summed E-state index contributed by atoms with van der Waals surface area (Å²) in [4.78, 5) is 10.8. The SMILES string of the molecule is c1cnc(OC2CCOC3(C2)CN(C2CCOCC2)C3)cn1. The molecule has 0 bridgehead atoms. The Labute approximate surface area is 130 Å². The van der Waals surface area contributed by atoms with Crippen LogP contribution >= 0.6 is 0 Å². The molecular formula is C16H23N3O3. The second-order valence-electron chi connectivity index (χ2n) is 6.56. The first kappa shape index (κ1) is 14.4. The van der Waals surface area contributed by atoms with E-state index in [0.717, 1.165) is 58.6 Å². The van der Waals surface area contributed by atoms with E-state index in [1.807, 2.05) is 0 Å². The predicted octanol–water partition coefficient (Wildman–Crippen LogP) is 1.27. The van der Waals surface area contributed by atoms with Crippen molar-refractivity contribution in [2.75, 3.05) is 32.9 Å². The standard InChI is InChI=1S/C16H23N3O3/c1-6-20-7-2-13(1)19-11-16(12-19)9-14(3-8-21-16)22-15-10-17-4-5-18-15/h4-5,10,13-14H,1-3,6-9,11-12H2. The van der Waals surface area contributed by atoms with Gasteiger partial charge in [0.25, 0.3) is 0 Å². The first-order valence-corrected chi connectivity index (χ1v) is 8.21. The number of hydrogen-bond acceptors (Lipinski definition) is 6. The Morgan fingerprint density at radius 2 is 2.00 bits per heavy atom. The van der Waals surface area contributed by atoms with E-state index < -0.39 is 0 Å². The van der Waals surface area contributed by atoms with E-state index in [9.17, 15) is 0 Å². The molecule has 4 heterocycles. The third-order valence-corrected chi connectivity index (χ3v) is 4.96. The molecule has 3 aliphatic heterocycles. The smallest absolute Gasteiger partial charge is 0.232 e. The van der Waals surface area contributed by atoms with Crippen LogP contribution in [0.2, 0.25) is 0 Å². The summed E-state index contributed by atoms with van der Waals surface area (Å²) in [6.07, 6.45) is 9.36. The van der Waals surface area contributed by atoms with Crippen LogP contribution in [-0.4, -0.2) is 65.5 Å². The number of rotatable bonds is 3. The van der Waals surface area contributed by atoms with Crippen molar-refractivity contribution in [3.05, 3.63) is 18.6 Å². The molecular weight excluding hydrogens is 282 g/mol. The molecule has 3 fully saturated rings. The molecule has 1 unspecified atom stereocenters. The van der Waals surface area contributed by atoms with Gasteiger partial charge in [-0.1, -0.05) is 0 Å². The summed E-state index contributed by atoms with van der Waals surface area (Å²) < 4.78 is 17.5. The van der Waals surface area contributed by atoms with Crippen molar-refractivity contribution in [3.8, 4) is 5.88 Å². The van der Waals surface area contributed by atoms with Crippen LogP contribution in [0, 0.1) is 0 Å². The summed E-state index contributed by atoms with van der Waals surface area (Å²) in [5.74, 6) is 0.616. The maximum Gasteiger partial charge on any atom is 0.232 e. The first-order valence-electron chi connectivity index (χ1n) is 8.21. The van der Waals surface area contributed by atoms with Crippen molar-refractivity contribution >= 4 is 0 Å². The van der Waals surface area contributed by atoms with Crippen LogP contribution in [0.5, 0.6) is 5.88 Å². The molecule has 1 aromatic heterocycles. The van der Waals surface area contributed by atoms with Crippen molar-refractivity contribution in [2.45, 2.75) is 43.4 Å². The average molecular weight is 305 g/mol. The van der Waals surface area contributed by atoms with Crippen molar-refractivity contribution in [3.63, 3.8) is 0 Å². The minimum absolute atomic E-state index is 0.0105. The van der Waals surface area contributed by atoms with Crippen LogP contribution in [-0.2, 0) is 9.47 Å². The van der Waals surface area contributed by atoms with Crippen LogP contribution in [0.25, 0.3) is 0 Å². The third-order valence-electron chi connectivity index (χ3n) is 4.96. The quantitative estimate of drug-likeness (QED) is 0.838. The van der Waals surface area contributed by atoms with Crippen LogP contribution in [0.1, 0.15) is 25.7 Å². The van der Waals surface area contributed by atoms with Crippen molar-refractivity contribution < 1.29 is 14.2 Å². The summed E-state index contributed by atoms with van der Waals surface area (Å²) in [5, 5.41) is 0. The number of hydrogen-bond donors (Lipinski definition) is 0. The second-order valence-corrected chi connectivity index (χ2v) is 6.56. The molecule has 0 amide bonds. The third kappa shape index (κ3) is 2.95. The molecule has 6 nitrogen and oxygen atoms in total. The van der Waals surface area contributed by atoms with Gasteiger partial charge in [0, 0.05) is 57.6 Å². The molecule has 0 saturated carbocycles. The van der Waals surface area contributed by atoms with Gasteiger partial charge in [-0.05, 0) is 12.8 Å². The molecule has 0 aromatic carbocycles. The Kier molecular flexibility index (Phi) is 3.98. The monoisotopic (exact) mass is 305 g/mol. The van der Waals surface area contributed by atoms with E-state index in [1.165, 1.54) is 0 Å². The van der Waals surface area contributed by atoms with Gasteiger partial charge in [0.1, 0.15) is 6.10 Å². The van der Waals surface area contributed by atoms with Gasteiger partial charge in [0.05, 0.1) is 18.4 Å². The van der Waals surface area contributed by atoms with Gasteiger partial charge >= 0.3 is 0 Å². The molecule has 3 saturated heterocycles. The van der Waals surface area contributed by atoms with Crippen LogP contribution in [0.15, 0.2) is 18.6 Å². The summed E-state index contributed by atoms with van der Waals surface area (Å²) in [7, 11) is 0. The van der Waals surface area contributed by atoms with E-state index in [2.05, 4.69) is 14.9 Å². The highest BCUT2D eigenvalue weighted by atomic mass is 16.5. The fourth-order valence-electron chi connectivity index (χ4n) is 3.82. The predicted molar refractivity (Wildman–Crippen MR) is 79.8 cm³/mol. The summed E-state index contributed by atoms with van der Waals surface area (Å²) in [6, 6.07) is 0.671. The fourth-order valence-corrected chi connectivity index (χ4v) is 3.82. The molecule has 4 rings (SSSR count). The Balaban J connectivity index is 1.32. The topological polar surface area (TPSA) is 56.7 Å². The molecule has 0 radical (unpaired) electrons. The van der Waals surface area contributed by atoms with E-state index in [0.29, 0.717) is 11.9 Å². The minimum Gasteiger partial charge on any atom is -0.473 e. The number of nitrogens with zero attached hydrogens (tertiary/aromatic N) is 3. The summed E-state index contributed by atoms with van der Waals surface area (Å²) in [6.45, 7) is 4.61. The van der Waals surface area contributed by atoms with Gasteiger partial charge in [0.15, 0.2) is 0 Å². The van der Waals surface area contributed by atoms with Gasteiger partial charge < -0.3 is 14.2 Å². The van der Waals surface area contributed by atoms with Crippen molar-refractivity contribution in [1.82, 2.24) is 14.9 Å². The maximum atomic E-state index is 6.10. The van der Waals surface area contributed by atoms with Gasteiger partial charge in [-0.25, -0.2) is 4.98 Å². The van der Waals surface area contributed by atoms with Gasteiger partial charge in [0.2, 0.25) is 5.88 Å². The Morgan fingerprint density at radius 1 is 1.14 bits per heavy atom. The van der Waals surface area contributed by atoms with Crippen LogP contribution < -0.4 is 4.74 Å². The fraction of sp³-hybridized carbons (Fsp3) is 0.750. The van der Waals surface area contributed by atoms with E-state index in [1.54, 1.807) is 18.6 Å². The highest BCUT2D eigenvalue weighted by Crippen LogP contribution is 2.37. The van der Waals surface area contributed by atoms with Crippen LogP contribution in [0.4, 0.5) is 0 Å². The molecule has 22 heavy (non-hydrogen) atoms. The zero-order valence-electron chi connectivity index (χ0n) is 12.8. The summed E-state index contributed by atoms with van der Waals surface area (Å²) >= 11 is 0. The summed E-state index contributed by atoms with van der Waals surface area (Å²) in [5.41, 5.74) is -0.0105.